The van der Waals surface area contributed by atoms with E-state index < -0.39 is 5.92 Å². The van der Waals surface area contributed by atoms with Crippen molar-refractivity contribution in [1.82, 2.24) is 20.5 Å². The quantitative estimate of drug-likeness (QED) is 0.243. The first kappa shape index (κ1) is 30.0. The molecule has 8 nitrogen and oxygen atoms in total. The monoisotopic (exact) mass is 615 g/mol. The molecule has 3 aromatic carbocycles. The van der Waals surface area contributed by atoms with Crippen LogP contribution in [-0.2, 0) is 13.0 Å². The SMILES string of the molecule is Nc1ccc(CNC(=O)NCC2Cc3cc(-c4ccc(C(=O)N5CCC(F)(F)CC5)cc4)cc(-c4ccc(F)cc4)c3O2)cn1. The Kier molecular flexibility index (Phi) is 8.34. The average molecular weight is 616 g/mol. The number of hydrogen-bond donors (Lipinski definition) is 3. The Bertz CT molecular complexity index is 1690. The predicted molar refractivity (Wildman–Crippen MR) is 164 cm³/mol. The van der Waals surface area contributed by atoms with Gasteiger partial charge in [0.1, 0.15) is 23.5 Å². The van der Waals surface area contributed by atoms with Gasteiger partial charge >= 0.3 is 6.03 Å². The molecule has 3 heterocycles. The maximum Gasteiger partial charge on any atom is 0.315 e. The van der Waals surface area contributed by atoms with Gasteiger partial charge in [0.2, 0.25) is 0 Å². The van der Waals surface area contributed by atoms with E-state index in [4.69, 9.17) is 10.5 Å². The molecule has 0 bridgehead atoms. The number of halogens is 3. The Morgan fingerprint density at radius 3 is 2.33 bits per heavy atom. The maximum absolute atomic E-state index is 13.8. The molecule has 2 aliphatic heterocycles. The summed E-state index contributed by atoms with van der Waals surface area (Å²) in [7, 11) is 0. The number of aromatic nitrogens is 1. The Morgan fingerprint density at radius 1 is 0.933 bits per heavy atom. The molecule has 1 aromatic heterocycles. The van der Waals surface area contributed by atoms with E-state index in [1.54, 1.807) is 42.6 Å². The fourth-order valence-corrected chi connectivity index (χ4v) is 5.57. The zero-order valence-corrected chi connectivity index (χ0v) is 24.4. The van der Waals surface area contributed by atoms with Crippen molar-refractivity contribution in [2.45, 2.75) is 37.8 Å². The molecule has 0 radical (unpaired) electrons. The lowest BCUT2D eigenvalue weighted by molar-refractivity contribution is -0.0494. The highest BCUT2D eigenvalue weighted by molar-refractivity contribution is 5.95. The molecule has 1 fully saturated rings. The second-order valence-corrected chi connectivity index (χ2v) is 11.3. The molecule has 1 atom stereocenters. The Hall–Kier alpha value is -5.06. The number of nitrogen functional groups attached to an aromatic ring is 1. The molecule has 0 aliphatic carbocycles. The zero-order chi connectivity index (χ0) is 31.6. The van der Waals surface area contributed by atoms with Crippen molar-refractivity contribution in [1.29, 1.82) is 0 Å². The van der Waals surface area contributed by atoms with Crippen molar-refractivity contribution in [2.75, 3.05) is 25.4 Å². The molecule has 4 aromatic rings. The number of pyridine rings is 1. The van der Waals surface area contributed by atoms with Crippen molar-refractivity contribution in [3.63, 3.8) is 0 Å². The van der Waals surface area contributed by atoms with Crippen LogP contribution in [0.1, 0.15) is 34.3 Å². The molecule has 11 heteroatoms. The largest absolute Gasteiger partial charge is 0.487 e. The second kappa shape index (κ2) is 12.5. The topological polar surface area (TPSA) is 110 Å². The highest BCUT2D eigenvalue weighted by Crippen LogP contribution is 2.42. The van der Waals surface area contributed by atoms with Gasteiger partial charge in [-0.2, -0.15) is 0 Å². The van der Waals surface area contributed by atoms with Gasteiger partial charge in [0, 0.05) is 56.2 Å². The van der Waals surface area contributed by atoms with E-state index in [1.165, 1.54) is 17.0 Å². The minimum atomic E-state index is -2.72. The molecule has 1 unspecified atom stereocenters. The summed E-state index contributed by atoms with van der Waals surface area (Å²) >= 11 is 0. The van der Waals surface area contributed by atoms with Crippen LogP contribution in [0.15, 0.2) is 79.0 Å². The number of likely N-dealkylation sites (tertiary alicyclic amines) is 1. The molecular formula is C34H32F3N5O3. The van der Waals surface area contributed by atoms with Crippen LogP contribution in [0, 0.1) is 5.82 Å². The van der Waals surface area contributed by atoms with Crippen LogP contribution in [-0.4, -0.2) is 53.5 Å². The number of urea groups is 1. The third-order valence-corrected chi connectivity index (χ3v) is 8.09. The van der Waals surface area contributed by atoms with Gasteiger partial charge in [-0.25, -0.2) is 22.9 Å². The number of hydrogen-bond acceptors (Lipinski definition) is 5. The van der Waals surface area contributed by atoms with Crippen LogP contribution >= 0.6 is 0 Å². The molecule has 1 saturated heterocycles. The standard InChI is InChI=1S/C34H32F3N5O3/c35-27-8-6-23(7-9-27)29-17-25(22-2-4-24(5-3-22)32(43)42-13-11-34(36,37)12-14-42)15-26-16-28(45-31(26)29)20-41-33(44)40-19-21-1-10-30(38)39-18-21/h1-10,15,17-18,28H,11-14,16,19-20H2,(H2,38,39)(H2,40,41,44). The first-order valence-corrected chi connectivity index (χ1v) is 14.7. The molecule has 3 amide bonds. The predicted octanol–water partition coefficient (Wildman–Crippen LogP) is 5.81. The first-order valence-electron chi connectivity index (χ1n) is 14.7. The van der Waals surface area contributed by atoms with Gasteiger partial charge in [-0.05, 0) is 70.3 Å². The van der Waals surface area contributed by atoms with Crippen molar-refractivity contribution < 1.29 is 27.5 Å². The summed E-state index contributed by atoms with van der Waals surface area (Å²) in [5, 5.41) is 5.65. The number of nitrogens with one attached hydrogen (secondary N) is 2. The number of nitrogens with zero attached hydrogens (tertiary/aromatic N) is 2. The second-order valence-electron chi connectivity index (χ2n) is 11.3. The summed E-state index contributed by atoms with van der Waals surface area (Å²) in [6.07, 6.45) is 1.15. The average Bonchev–Trinajstić information content (AvgIpc) is 3.46. The van der Waals surface area contributed by atoms with Gasteiger partial charge in [0.05, 0.1) is 6.54 Å². The Labute approximate surface area is 258 Å². The van der Waals surface area contributed by atoms with Crippen LogP contribution in [0.3, 0.4) is 0 Å². The molecule has 2 aliphatic rings. The van der Waals surface area contributed by atoms with Gasteiger partial charge in [0.15, 0.2) is 0 Å². The molecule has 45 heavy (non-hydrogen) atoms. The normalized spacial score (nSPS) is 16.9. The van der Waals surface area contributed by atoms with E-state index in [1.807, 2.05) is 24.3 Å². The number of fused-ring (bicyclic) bond motifs is 1. The zero-order valence-electron chi connectivity index (χ0n) is 24.4. The fourth-order valence-electron chi connectivity index (χ4n) is 5.57. The highest BCUT2D eigenvalue weighted by Gasteiger charge is 2.36. The molecule has 6 rings (SSSR count). The van der Waals surface area contributed by atoms with E-state index in [0.717, 1.165) is 33.4 Å². The third kappa shape index (κ3) is 7.03. The van der Waals surface area contributed by atoms with E-state index in [0.29, 0.717) is 30.1 Å². The number of benzene rings is 3. The maximum atomic E-state index is 13.8. The molecule has 0 saturated carbocycles. The number of amides is 3. The molecule has 232 valence electrons. The number of carbonyl (C=O) groups excluding carboxylic acids is 2. The molecule has 0 spiro atoms. The lowest BCUT2D eigenvalue weighted by Gasteiger charge is -2.31. The molecular weight excluding hydrogens is 583 g/mol. The van der Waals surface area contributed by atoms with Crippen molar-refractivity contribution in [3.05, 3.63) is 102 Å². The minimum absolute atomic E-state index is 0.0250. The van der Waals surface area contributed by atoms with Gasteiger partial charge in [-0.1, -0.05) is 30.3 Å². The number of carbonyl (C=O) groups is 2. The summed E-state index contributed by atoms with van der Waals surface area (Å²) in [4.78, 5) is 30.9. The van der Waals surface area contributed by atoms with E-state index >= 15 is 0 Å². The third-order valence-electron chi connectivity index (χ3n) is 8.09. The summed E-state index contributed by atoms with van der Waals surface area (Å²) in [5.74, 6) is -2.28. The summed E-state index contributed by atoms with van der Waals surface area (Å²) in [5.41, 5.74) is 11.1. The fraction of sp³-hybridized carbons (Fsp3) is 0.265. The van der Waals surface area contributed by atoms with Crippen molar-refractivity contribution in [3.8, 4) is 28.0 Å². The van der Waals surface area contributed by atoms with Gasteiger partial charge in [0.25, 0.3) is 11.8 Å². The van der Waals surface area contributed by atoms with Crippen LogP contribution in [0.4, 0.5) is 23.8 Å². The minimum Gasteiger partial charge on any atom is -0.487 e. The van der Waals surface area contributed by atoms with Gasteiger partial charge < -0.3 is 26.0 Å². The number of piperidine rings is 1. The van der Waals surface area contributed by atoms with Crippen LogP contribution in [0.5, 0.6) is 5.75 Å². The highest BCUT2D eigenvalue weighted by atomic mass is 19.3. The number of anilines is 1. The van der Waals surface area contributed by atoms with Crippen molar-refractivity contribution >= 4 is 17.8 Å². The molecule has 4 N–H and O–H groups in total. The van der Waals surface area contributed by atoms with E-state index in [2.05, 4.69) is 15.6 Å². The Morgan fingerprint density at radius 2 is 1.64 bits per heavy atom. The summed E-state index contributed by atoms with van der Waals surface area (Å²) in [6, 6.07) is 20.3. The van der Waals surface area contributed by atoms with Gasteiger partial charge in [-0.15, -0.1) is 0 Å². The Balaban J connectivity index is 1.17. The van der Waals surface area contributed by atoms with Crippen LogP contribution in [0.2, 0.25) is 0 Å². The van der Waals surface area contributed by atoms with E-state index in [-0.39, 0.29) is 56.3 Å². The van der Waals surface area contributed by atoms with Crippen LogP contribution < -0.4 is 21.1 Å². The summed E-state index contributed by atoms with van der Waals surface area (Å²) < 4.78 is 47.2. The lowest BCUT2D eigenvalue weighted by Crippen LogP contribution is -2.42. The van der Waals surface area contributed by atoms with Crippen LogP contribution in [0.25, 0.3) is 22.3 Å². The smallest absolute Gasteiger partial charge is 0.315 e. The number of nitrogens with two attached hydrogens (primary N) is 1. The number of ether oxygens (including phenoxy) is 1. The van der Waals surface area contributed by atoms with Crippen molar-refractivity contribution in [2.24, 2.45) is 0 Å². The first-order chi connectivity index (χ1) is 21.6. The number of alkyl halides is 2. The number of rotatable bonds is 7. The van der Waals surface area contributed by atoms with Gasteiger partial charge in [-0.3, -0.25) is 4.79 Å². The lowest BCUT2D eigenvalue weighted by atomic mass is 9.93. The van der Waals surface area contributed by atoms with E-state index in [9.17, 15) is 22.8 Å². The summed E-state index contributed by atoms with van der Waals surface area (Å²) in [6.45, 7) is 0.605.